The minimum absolute atomic E-state index is 0.0706. The van der Waals surface area contributed by atoms with Gasteiger partial charge < -0.3 is 14.2 Å². The molecule has 0 aliphatic heterocycles. The Morgan fingerprint density at radius 3 is 2.59 bits per heavy atom. The van der Waals surface area contributed by atoms with Crippen molar-refractivity contribution in [2.45, 2.75) is 64.8 Å². The van der Waals surface area contributed by atoms with Gasteiger partial charge >= 0.3 is 5.63 Å². The van der Waals surface area contributed by atoms with E-state index < -0.39 is 5.63 Å². The van der Waals surface area contributed by atoms with Crippen molar-refractivity contribution in [1.82, 2.24) is 5.32 Å². The number of nitrogens with one attached hydrogen (secondary N) is 1. The van der Waals surface area contributed by atoms with Crippen LogP contribution in [0, 0.1) is 13.8 Å². The summed E-state index contributed by atoms with van der Waals surface area (Å²) in [6.45, 7) is 3.86. The van der Waals surface area contributed by atoms with Crippen molar-refractivity contribution >= 4 is 27.8 Å². The largest absolute Gasteiger partial charge is 0.460 e. The molecule has 5 heteroatoms. The van der Waals surface area contributed by atoms with Crippen molar-refractivity contribution in [3.05, 3.63) is 44.5 Å². The van der Waals surface area contributed by atoms with Crippen LogP contribution in [-0.4, -0.2) is 11.9 Å². The number of aryl methyl sites for hydroxylation is 4. The highest BCUT2D eigenvalue weighted by Crippen LogP contribution is 2.37. The lowest BCUT2D eigenvalue weighted by molar-refractivity contribution is -0.120. The Labute approximate surface area is 156 Å². The molecule has 2 heterocycles. The van der Waals surface area contributed by atoms with E-state index in [2.05, 4.69) is 11.4 Å². The summed E-state index contributed by atoms with van der Waals surface area (Å²) in [5, 5.41) is 4.98. The quantitative estimate of drug-likeness (QED) is 0.716. The molecule has 0 atom stereocenters. The summed E-state index contributed by atoms with van der Waals surface area (Å²) in [5.41, 5.74) is 4.43. The molecule has 1 fully saturated rings. The number of fused-ring (bicyclic) bond motifs is 4. The third kappa shape index (κ3) is 2.68. The van der Waals surface area contributed by atoms with Crippen LogP contribution < -0.4 is 10.9 Å². The van der Waals surface area contributed by atoms with Gasteiger partial charge in [-0.05, 0) is 57.6 Å². The van der Waals surface area contributed by atoms with Crippen molar-refractivity contribution in [2.24, 2.45) is 0 Å². The molecule has 3 aromatic rings. The van der Waals surface area contributed by atoms with E-state index in [4.69, 9.17) is 8.83 Å². The summed E-state index contributed by atoms with van der Waals surface area (Å²) >= 11 is 0. The van der Waals surface area contributed by atoms with Crippen molar-refractivity contribution in [1.29, 1.82) is 0 Å². The molecule has 0 unspecified atom stereocenters. The smallest absolute Gasteiger partial charge is 0.340 e. The first-order chi connectivity index (χ1) is 13.0. The number of rotatable bonds is 3. The molecular formula is C22H23NO4. The van der Waals surface area contributed by atoms with Gasteiger partial charge in [-0.3, -0.25) is 4.79 Å². The number of benzene rings is 1. The van der Waals surface area contributed by atoms with E-state index in [9.17, 15) is 9.59 Å². The molecule has 1 N–H and O–H groups in total. The monoisotopic (exact) mass is 365 g/mol. The fourth-order valence-electron chi connectivity index (χ4n) is 4.29. The van der Waals surface area contributed by atoms with Gasteiger partial charge in [0.15, 0.2) is 0 Å². The number of furan rings is 1. The van der Waals surface area contributed by atoms with Crippen LogP contribution in [0.2, 0.25) is 0 Å². The molecule has 0 spiro atoms. The zero-order chi connectivity index (χ0) is 18.7. The predicted octanol–water partition coefficient (Wildman–Crippen LogP) is 3.86. The fourth-order valence-corrected chi connectivity index (χ4v) is 4.29. The SMILES string of the molecule is Cc1c(CC(=O)NC2CC2)c(=O)oc2c(C)c3oc4c(c3cc12)CCCC4. The first-order valence-corrected chi connectivity index (χ1v) is 9.82. The molecule has 0 radical (unpaired) electrons. The second-order valence-electron chi connectivity index (χ2n) is 7.98. The van der Waals surface area contributed by atoms with E-state index in [0.717, 1.165) is 65.3 Å². The molecule has 5 nitrogen and oxygen atoms in total. The summed E-state index contributed by atoms with van der Waals surface area (Å²) in [6.07, 6.45) is 6.45. The maximum Gasteiger partial charge on any atom is 0.340 e. The van der Waals surface area contributed by atoms with Crippen molar-refractivity contribution in [3.63, 3.8) is 0 Å². The number of hydrogen-bond donors (Lipinski definition) is 1. The lowest BCUT2D eigenvalue weighted by Gasteiger charge is -2.11. The molecule has 2 aromatic heterocycles. The standard InChI is InChI=1S/C22H23NO4/c1-11-15-9-17-14-5-3-4-6-18(14)26-21(17)12(2)20(15)27-22(25)16(11)10-19(24)23-13-7-8-13/h9,13H,3-8,10H2,1-2H3,(H,23,24). The first kappa shape index (κ1) is 16.6. The van der Waals surface area contributed by atoms with E-state index in [0.29, 0.717) is 11.1 Å². The molecule has 2 aliphatic rings. The Kier molecular flexibility index (Phi) is 3.67. The normalized spacial score (nSPS) is 16.7. The molecular weight excluding hydrogens is 342 g/mol. The van der Waals surface area contributed by atoms with Crippen LogP contribution >= 0.6 is 0 Å². The molecule has 5 rings (SSSR count). The van der Waals surface area contributed by atoms with E-state index in [-0.39, 0.29) is 18.4 Å². The second kappa shape index (κ2) is 5.98. The molecule has 140 valence electrons. The van der Waals surface area contributed by atoms with E-state index in [1.54, 1.807) is 0 Å². The molecule has 0 saturated heterocycles. The van der Waals surface area contributed by atoms with Gasteiger partial charge in [-0.1, -0.05) is 0 Å². The van der Waals surface area contributed by atoms with Crippen LogP contribution in [0.15, 0.2) is 19.7 Å². The van der Waals surface area contributed by atoms with Crippen LogP contribution in [0.4, 0.5) is 0 Å². The van der Waals surface area contributed by atoms with Crippen LogP contribution in [0.5, 0.6) is 0 Å². The summed E-state index contributed by atoms with van der Waals surface area (Å²) in [5.74, 6) is 0.962. The summed E-state index contributed by atoms with van der Waals surface area (Å²) in [7, 11) is 0. The van der Waals surface area contributed by atoms with Crippen molar-refractivity contribution in [2.75, 3.05) is 0 Å². The van der Waals surface area contributed by atoms with Crippen LogP contribution in [0.1, 0.15) is 53.7 Å². The molecule has 2 aliphatic carbocycles. The van der Waals surface area contributed by atoms with Gasteiger partial charge in [-0.15, -0.1) is 0 Å². The fraction of sp³-hybridized carbons (Fsp3) is 0.455. The number of hydrogen-bond acceptors (Lipinski definition) is 4. The second-order valence-corrected chi connectivity index (χ2v) is 7.98. The van der Waals surface area contributed by atoms with Gasteiger partial charge in [0.05, 0.1) is 12.0 Å². The average Bonchev–Trinajstić information content (AvgIpc) is 3.38. The Bertz CT molecular complexity index is 1150. The number of carbonyl (C=O) groups is 1. The minimum Gasteiger partial charge on any atom is -0.460 e. The highest BCUT2D eigenvalue weighted by Gasteiger charge is 2.26. The van der Waals surface area contributed by atoms with Gasteiger partial charge in [0.1, 0.15) is 16.9 Å². The van der Waals surface area contributed by atoms with Gasteiger partial charge in [-0.25, -0.2) is 4.79 Å². The van der Waals surface area contributed by atoms with Crippen molar-refractivity contribution in [3.8, 4) is 0 Å². The maximum absolute atomic E-state index is 12.6. The van der Waals surface area contributed by atoms with Crippen LogP contribution in [0.25, 0.3) is 21.9 Å². The molecule has 1 saturated carbocycles. The first-order valence-electron chi connectivity index (χ1n) is 9.82. The Morgan fingerprint density at radius 1 is 1.07 bits per heavy atom. The molecule has 27 heavy (non-hydrogen) atoms. The highest BCUT2D eigenvalue weighted by atomic mass is 16.4. The lowest BCUT2D eigenvalue weighted by atomic mass is 9.93. The third-order valence-electron chi connectivity index (χ3n) is 6.00. The predicted molar refractivity (Wildman–Crippen MR) is 103 cm³/mol. The highest BCUT2D eigenvalue weighted by molar-refractivity contribution is 6.00. The van der Waals surface area contributed by atoms with Crippen LogP contribution in [0.3, 0.4) is 0 Å². The third-order valence-corrected chi connectivity index (χ3v) is 6.00. The van der Waals surface area contributed by atoms with Crippen molar-refractivity contribution < 1.29 is 13.6 Å². The Hall–Kier alpha value is -2.56. The van der Waals surface area contributed by atoms with Gasteiger partial charge in [0.25, 0.3) is 0 Å². The Balaban J connectivity index is 1.68. The zero-order valence-corrected chi connectivity index (χ0v) is 15.7. The topological polar surface area (TPSA) is 72.5 Å². The average molecular weight is 365 g/mol. The van der Waals surface area contributed by atoms with E-state index in [1.807, 2.05) is 13.8 Å². The Morgan fingerprint density at radius 2 is 1.81 bits per heavy atom. The molecule has 0 bridgehead atoms. The minimum atomic E-state index is -0.426. The summed E-state index contributed by atoms with van der Waals surface area (Å²) in [4.78, 5) is 24.8. The van der Waals surface area contributed by atoms with Gasteiger partial charge in [0, 0.05) is 34.4 Å². The zero-order valence-electron chi connectivity index (χ0n) is 15.7. The summed E-state index contributed by atoms with van der Waals surface area (Å²) in [6, 6.07) is 2.37. The van der Waals surface area contributed by atoms with E-state index >= 15 is 0 Å². The number of carbonyl (C=O) groups excluding carboxylic acids is 1. The van der Waals surface area contributed by atoms with Crippen LogP contribution in [-0.2, 0) is 24.1 Å². The lowest BCUT2D eigenvalue weighted by Crippen LogP contribution is -2.29. The summed E-state index contributed by atoms with van der Waals surface area (Å²) < 4.78 is 11.8. The maximum atomic E-state index is 12.6. The molecule has 1 aromatic carbocycles. The number of amides is 1. The van der Waals surface area contributed by atoms with Gasteiger partial charge in [0.2, 0.25) is 5.91 Å². The van der Waals surface area contributed by atoms with Gasteiger partial charge in [-0.2, -0.15) is 0 Å². The van der Waals surface area contributed by atoms with E-state index in [1.165, 1.54) is 12.0 Å². The molecule has 1 amide bonds.